The topological polar surface area (TPSA) is 29.9 Å². The van der Waals surface area contributed by atoms with Gasteiger partial charge in [-0.2, -0.15) is 5.10 Å². The molecule has 1 aliphatic rings. The smallest absolute Gasteiger partial charge is 0.133 e. The Bertz CT molecular complexity index is 943. The van der Waals surface area contributed by atoms with Crippen molar-refractivity contribution in [3.05, 3.63) is 59.2 Å². The van der Waals surface area contributed by atoms with Gasteiger partial charge in [-0.1, -0.05) is 30.3 Å². The highest BCUT2D eigenvalue weighted by Gasteiger charge is 2.23. The predicted octanol–water partition coefficient (Wildman–Crippen LogP) is 5.63. The lowest BCUT2D eigenvalue weighted by Gasteiger charge is -2.13. The molecule has 4 heteroatoms. The Morgan fingerprint density at radius 1 is 1.04 bits per heavy atom. The molecule has 0 fully saturated rings. The van der Waals surface area contributed by atoms with Crippen LogP contribution in [0.1, 0.15) is 29.5 Å². The maximum atomic E-state index is 5.13. The molecule has 2 heterocycles. The minimum absolute atomic E-state index is 1.01. The van der Waals surface area contributed by atoms with Gasteiger partial charge >= 0.3 is 0 Å². The molecule has 0 radical (unpaired) electrons. The average Bonchev–Trinajstić information content (AvgIpc) is 2.85. The summed E-state index contributed by atoms with van der Waals surface area (Å²) in [6.45, 7) is 5.36. The number of aryl methyl sites for hydroxylation is 1. The fourth-order valence-corrected chi connectivity index (χ4v) is 4.30. The van der Waals surface area contributed by atoms with Gasteiger partial charge in [-0.25, -0.2) is 4.68 Å². The summed E-state index contributed by atoms with van der Waals surface area (Å²) in [5, 5.41) is 8.79. The lowest BCUT2D eigenvalue weighted by atomic mass is 10.0. The standard InChI is InChI=1S/C22H25N3S/c1-15-9-8-12-19(16(15)2)25-22-18(11-6-7-14-23-22)21(24-25)17-10-4-5-13-20(17)26-3/h4-5,8-10,12-13,23H,6-7,11,14H2,1-3H3. The van der Waals surface area contributed by atoms with Gasteiger partial charge in [0.2, 0.25) is 0 Å². The highest BCUT2D eigenvalue weighted by Crippen LogP contribution is 2.38. The first kappa shape index (κ1) is 17.2. The van der Waals surface area contributed by atoms with E-state index in [2.05, 4.69) is 72.6 Å². The molecule has 1 N–H and O–H groups in total. The van der Waals surface area contributed by atoms with E-state index < -0.39 is 0 Å². The number of hydrogen-bond acceptors (Lipinski definition) is 3. The summed E-state index contributed by atoms with van der Waals surface area (Å²) in [7, 11) is 0. The van der Waals surface area contributed by atoms with Crippen LogP contribution in [-0.4, -0.2) is 22.6 Å². The SMILES string of the molecule is CSc1ccccc1-c1nn(-c2cccc(C)c2C)c2c1CCCCN2. The van der Waals surface area contributed by atoms with E-state index in [1.807, 2.05) is 0 Å². The maximum absolute atomic E-state index is 5.13. The number of fused-ring (bicyclic) bond motifs is 1. The van der Waals surface area contributed by atoms with E-state index in [4.69, 9.17) is 5.10 Å². The van der Waals surface area contributed by atoms with Gasteiger partial charge in [0.05, 0.1) is 11.4 Å². The molecule has 0 saturated heterocycles. The highest BCUT2D eigenvalue weighted by atomic mass is 32.2. The summed E-state index contributed by atoms with van der Waals surface area (Å²) < 4.78 is 2.13. The summed E-state index contributed by atoms with van der Waals surface area (Å²) in [5.74, 6) is 1.17. The molecule has 3 nitrogen and oxygen atoms in total. The van der Waals surface area contributed by atoms with Crippen molar-refractivity contribution in [3.8, 4) is 16.9 Å². The Morgan fingerprint density at radius 2 is 1.88 bits per heavy atom. The van der Waals surface area contributed by atoms with E-state index in [-0.39, 0.29) is 0 Å². The van der Waals surface area contributed by atoms with Crippen LogP contribution in [0.2, 0.25) is 0 Å². The second kappa shape index (κ2) is 7.20. The molecular weight excluding hydrogens is 338 g/mol. The van der Waals surface area contributed by atoms with Crippen LogP contribution in [0.5, 0.6) is 0 Å². The molecule has 1 aromatic heterocycles. The van der Waals surface area contributed by atoms with E-state index in [1.165, 1.54) is 51.5 Å². The normalized spacial score (nSPS) is 13.8. The Morgan fingerprint density at radius 3 is 2.73 bits per heavy atom. The minimum Gasteiger partial charge on any atom is -0.370 e. The van der Waals surface area contributed by atoms with Crippen molar-refractivity contribution in [3.63, 3.8) is 0 Å². The van der Waals surface area contributed by atoms with Crippen molar-refractivity contribution < 1.29 is 0 Å². The van der Waals surface area contributed by atoms with Crippen molar-refractivity contribution in [2.45, 2.75) is 38.0 Å². The third-order valence-corrected chi connectivity index (χ3v) is 6.09. The summed E-state index contributed by atoms with van der Waals surface area (Å²) in [6.07, 6.45) is 5.61. The van der Waals surface area contributed by atoms with E-state index >= 15 is 0 Å². The first-order valence-corrected chi connectivity index (χ1v) is 10.5. The lowest BCUT2D eigenvalue weighted by Crippen LogP contribution is -2.08. The Labute approximate surface area is 159 Å². The predicted molar refractivity (Wildman–Crippen MR) is 112 cm³/mol. The monoisotopic (exact) mass is 363 g/mol. The van der Waals surface area contributed by atoms with Crippen LogP contribution in [0.3, 0.4) is 0 Å². The maximum Gasteiger partial charge on any atom is 0.133 e. The van der Waals surface area contributed by atoms with E-state index in [9.17, 15) is 0 Å². The molecular formula is C22H25N3S. The molecule has 2 aromatic carbocycles. The zero-order chi connectivity index (χ0) is 18.1. The Balaban J connectivity index is 1.97. The van der Waals surface area contributed by atoms with Crippen molar-refractivity contribution in [1.82, 2.24) is 9.78 Å². The number of benzene rings is 2. The molecule has 0 amide bonds. The molecule has 0 unspecified atom stereocenters. The first-order chi connectivity index (χ1) is 12.7. The first-order valence-electron chi connectivity index (χ1n) is 9.26. The molecule has 0 aliphatic carbocycles. The van der Waals surface area contributed by atoms with Gasteiger partial charge in [-0.3, -0.25) is 0 Å². The largest absolute Gasteiger partial charge is 0.370 e. The zero-order valence-electron chi connectivity index (χ0n) is 15.7. The quantitative estimate of drug-likeness (QED) is 0.612. The van der Waals surface area contributed by atoms with Gasteiger partial charge in [0.25, 0.3) is 0 Å². The summed E-state index contributed by atoms with van der Waals surface area (Å²) in [4.78, 5) is 1.28. The second-order valence-electron chi connectivity index (χ2n) is 6.89. The molecule has 4 rings (SSSR count). The summed E-state index contributed by atoms with van der Waals surface area (Å²) in [6, 6.07) is 15.1. The molecule has 26 heavy (non-hydrogen) atoms. The van der Waals surface area contributed by atoms with Crippen molar-refractivity contribution >= 4 is 17.6 Å². The lowest BCUT2D eigenvalue weighted by molar-refractivity contribution is 0.779. The third kappa shape index (κ3) is 2.92. The number of aromatic nitrogens is 2. The second-order valence-corrected chi connectivity index (χ2v) is 7.74. The Kier molecular flexibility index (Phi) is 4.77. The molecule has 3 aromatic rings. The molecule has 0 saturated carbocycles. The highest BCUT2D eigenvalue weighted by molar-refractivity contribution is 7.98. The van der Waals surface area contributed by atoms with Crippen LogP contribution in [-0.2, 0) is 6.42 Å². The Hall–Kier alpha value is -2.20. The summed E-state index contributed by atoms with van der Waals surface area (Å²) >= 11 is 1.79. The number of rotatable bonds is 3. The van der Waals surface area contributed by atoms with Gasteiger partial charge < -0.3 is 5.32 Å². The number of thioether (sulfide) groups is 1. The molecule has 1 aliphatic heterocycles. The van der Waals surface area contributed by atoms with Gasteiger partial charge in [0.15, 0.2) is 0 Å². The zero-order valence-corrected chi connectivity index (χ0v) is 16.5. The van der Waals surface area contributed by atoms with Gasteiger partial charge in [-0.05, 0) is 62.6 Å². The molecule has 134 valence electrons. The van der Waals surface area contributed by atoms with Crippen LogP contribution < -0.4 is 5.32 Å². The molecule has 0 bridgehead atoms. The number of anilines is 1. The fourth-order valence-electron chi connectivity index (χ4n) is 3.70. The van der Waals surface area contributed by atoms with E-state index in [0.717, 1.165) is 18.7 Å². The average molecular weight is 364 g/mol. The van der Waals surface area contributed by atoms with Gasteiger partial charge in [0.1, 0.15) is 5.82 Å². The van der Waals surface area contributed by atoms with Crippen molar-refractivity contribution in [2.24, 2.45) is 0 Å². The van der Waals surface area contributed by atoms with Gasteiger partial charge in [-0.15, -0.1) is 11.8 Å². The van der Waals surface area contributed by atoms with Crippen LogP contribution in [0.4, 0.5) is 5.82 Å². The number of nitrogens with zero attached hydrogens (tertiary/aromatic N) is 2. The fraction of sp³-hybridized carbons (Fsp3) is 0.318. The number of nitrogens with one attached hydrogen (secondary N) is 1. The van der Waals surface area contributed by atoms with E-state index in [1.54, 1.807) is 11.8 Å². The third-order valence-electron chi connectivity index (χ3n) is 5.30. The van der Waals surface area contributed by atoms with Crippen LogP contribution in [0, 0.1) is 13.8 Å². The van der Waals surface area contributed by atoms with Crippen LogP contribution in [0.25, 0.3) is 16.9 Å². The minimum atomic E-state index is 1.01. The van der Waals surface area contributed by atoms with Crippen LogP contribution >= 0.6 is 11.8 Å². The van der Waals surface area contributed by atoms with Gasteiger partial charge in [0, 0.05) is 22.6 Å². The van der Waals surface area contributed by atoms with Crippen molar-refractivity contribution in [1.29, 1.82) is 0 Å². The van der Waals surface area contributed by atoms with Crippen molar-refractivity contribution in [2.75, 3.05) is 18.1 Å². The molecule has 0 atom stereocenters. The van der Waals surface area contributed by atoms with E-state index in [0.29, 0.717) is 0 Å². The summed E-state index contributed by atoms with van der Waals surface area (Å²) in [5.41, 5.74) is 7.47. The number of hydrogen-bond donors (Lipinski definition) is 1. The van der Waals surface area contributed by atoms with Crippen LogP contribution in [0.15, 0.2) is 47.4 Å². The molecule has 0 spiro atoms.